The Bertz CT molecular complexity index is 494. The number of aliphatic carboxylic acids is 1. The van der Waals surface area contributed by atoms with Crippen molar-refractivity contribution in [3.8, 4) is 5.88 Å². The normalized spacial score (nSPS) is 22.6. The van der Waals surface area contributed by atoms with Gasteiger partial charge in [-0.2, -0.15) is 4.98 Å². The van der Waals surface area contributed by atoms with E-state index in [1.54, 1.807) is 13.0 Å². The fourth-order valence-electron chi connectivity index (χ4n) is 2.11. The van der Waals surface area contributed by atoms with Crippen molar-refractivity contribution in [2.45, 2.75) is 25.8 Å². The van der Waals surface area contributed by atoms with E-state index < -0.39 is 11.5 Å². The molecule has 0 spiro atoms. The van der Waals surface area contributed by atoms with Crippen LogP contribution in [0.2, 0.25) is 0 Å². The Morgan fingerprint density at radius 1 is 1.63 bits per heavy atom. The van der Waals surface area contributed by atoms with Gasteiger partial charge < -0.3 is 20.5 Å². The maximum Gasteiger partial charge on any atom is 0.325 e. The quantitative estimate of drug-likeness (QED) is 0.801. The summed E-state index contributed by atoms with van der Waals surface area (Å²) in [5.41, 5.74) is 4.64. The predicted octanol–water partition coefficient (Wildman–Crippen LogP) is 0.176. The number of carbonyl (C=O) groups is 1. The first-order valence-corrected chi connectivity index (χ1v) is 6.20. The fraction of sp³-hybridized carbons (Fsp3) is 0.583. The van der Waals surface area contributed by atoms with Crippen LogP contribution in [-0.2, 0) is 4.79 Å². The van der Waals surface area contributed by atoms with Gasteiger partial charge in [-0.3, -0.25) is 4.79 Å². The largest absolute Gasteiger partial charge is 0.480 e. The van der Waals surface area contributed by atoms with E-state index in [1.807, 2.05) is 11.8 Å². The van der Waals surface area contributed by atoms with Crippen LogP contribution in [0.5, 0.6) is 5.88 Å². The standard InChI is InChI=1S/C12H18N4O3/c1-3-19-10-6-9(14-8(2)15-10)16-5-4-12(13,7-16)11(17)18/h6H,3-5,7,13H2,1-2H3,(H,17,18). The molecule has 0 aromatic carbocycles. The third-order valence-electron chi connectivity index (χ3n) is 3.14. The number of rotatable bonds is 4. The molecule has 2 rings (SSSR count). The number of ether oxygens (including phenoxy) is 1. The lowest BCUT2D eigenvalue weighted by molar-refractivity contribution is -0.142. The topological polar surface area (TPSA) is 102 Å². The van der Waals surface area contributed by atoms with Crippen molar-refractivity contribution in [1.82, 2.24) is 9.97 Å². The highest BCUT2D eigenvalue weighted by atomic mass is 16.5. The van der Waals surface area contributed by atoms with Crippen LogP contribution >= 0.6 is 0 Å². The summed E-state index contributed by atoms with van der Waals surface area (Å²) in [5, 5.41) is 9.12. The molecule has 1 unspecified atom stereocenters. The zero-order chi connectivity index (χ0) is 14.0. The van der Waals surface area contributed by atoms with Gasteiger partial charge in [-0.25, -0.2) is 4.98 Å². The number of carboxylic acid groups (broad SMARTS) is 1. The Kier molecular flexibility index (Phi) is 3.57. The molecule has 0 saturated carbocycles. The molecule has 1 saturated heterocycles. The Labute approximate surface area is 111 Å². The van der Waals surface area contributed by atoms with E-state index in [0.717, 1.165) is 0 Å². The van der Waals surface area contributed by atoms with E-state index in [0.29, 0.717) is 37.1 Å². The third kappa shape index (κ3) is 2.76. The van der Waals surface area contributed by atoms with Crippen LogP contribution in [0, 0.1) is 6.92 Å². The second kappa shape index (κ2) is 5.00. The van der Waals surface area contributed by atoms with Gasteiger partial charge in [0.2, 0.25) is 5.88 Å². The molecular weight excluding hydrogens is 248 g/mol. The van der Waals surface area contributed by atoms with Gasteiger partial charge in [0.1, 0.15) is 17.2 Å². The van der Waals surface area contributed by atoms with Gasteiger partial charge >= 0.3 is 5.97 Å². The molecule has 0 bridgehead atoms. The van der Waals surface area contributed by atoms with Gasteiger partial charge in [-0.1, -0.05) is 0 Å². The Hall–Kier alpha value is -1.89. The minimum absolute atomic E-state index is 0.240. The molecule has 1 aromatic heterocycles. The second-order valence-corrected chi connectivity index (χ2v) is 4.68. The lowest BCUT2D eigenvalue weighted by atomic mass is 10.0. The molecule has 1 aliphatic rings. The average molecular weight is 266 g/mol. The van der Waals surface area contributed by atoms with Crippen LogP contribution in [0.25, 0.3) is 0 Å². The summed E-state index contributed by atoms with van der Waals surface area (Å²) >= 11 is 0. The van der Waals surface area contributed by atoms with Gasteiger partial charge in [-0.05, 0) is 20.3 Å². The van der Waals surface area contributed by atoms with Crippen LogP contribution in [-0.4, -0.2) is 46.3 Å². The van der Waals surface area contributed by atoms with Crippen molar-refractivity contribution in [3.05, 3.63) is 11.9 Å². The highest BCUT2D eigenvalue weighted by Gasteiger charge is 2.41. The molecular formula is C12H18N4O3. The molecule has 7 nitrogen and oxygen atoms in total. The van der Waals surface area contributed by atoms with Crippen LogP contribution in [0.15, 0.2) is 6.07 Å². The van der Waals surface area contributed by atoms with E-state index in [-0.39, 0.29) is 6.54 Å². The molecule has 3 N–H and O–H groups in total. The number of carboxylic acids is 1. The van der Waals surface area contributed by atoms with Crippen molar-refractivity contribution >= 4 is 11.8 Å². The number of nitrogens with zero attached hydrogens (tertiary/aromatic N) is 3. The highest BCUT2D eigenvalue weighted by molar-refractivity contribution is 5.80. The number of anilines is 1. The Balaban J connectivity index is 2.21. The smallest absolute Gasteiger partial charge is 0.325 e. The Morgan fingerprint density at radius 3 is 2.95 bits per heavy atom. The monoisotopic (exact) mass is 266 g/mol. The number of aromatic nitrogens is 2. The van der Waals surface area contributed by atoms with Crippen LogP contribution in [0.1, 0.15) is 19.2 Å². The number of aryl methyl sites for hydroxylation is 1. The van der Waals surface area contributed by atoms with Crippen LogP contribution in [0.4, 0.5) is 5.82 Å². The number of nitrogens with two attached hydrogens (primary N) is 1. The van der Waals surface area contributed by atoms with E-state index in [1.165, 1.54) is 0 Å². The average Bonchev–Trinajstić information content (AvgIpc) is 2.73. The van der Waals surface area contributed by atoms with Crippen molar-refractivity contribution in [1.29, 1.82) is 0 Å². The number of hydrogen-bond donors (Lipinski definition) is 2. The molecule has 0 radical (unpaired) electrons. The summed E-state index contributed by atoms with van der Waals surface area (Å²) in [5.74, 6) is 0.760. The summed E-state index contributed by atoms with van der Waals surface area (Å²) < 4.78 is 5.36. The molecule has 19 heavy (non-hydrogen) atoms. The zero-order valence-electron chi connectivity index (χ0n) is 11.1. The molecule has 7 heteroatoms. The minimum Gasteiger partial charge on any atom is -0.480 e. The lowest BCUT2D eigenvalue weighted by Gasteiger charge is -2.21. The van der Waals surface area contributed by atoms with E-state index in [4.69, 9.17) is 15.6 Å². The van der Waals surface area contributed by atoms with E-state index in [9.17, 15) is 4.79 Å². The van der Waals surface area contributed by atoms with Gasteiger partial charge in [0.05, 0.1) is 6.61 Å². The minimum atomic E-state index is -1.20. The van der Waals surface area contributed by atoms with Gasteiger partial charge in [0.15, 0.2) is 0 Å². The summed E-state index contributed by atoms with van der Waals surface area (Å²) in [7, 11) is 0. The van der Waals surface area contributed by atoms with Crippen molar-refractivity contribution < 1.29 is 14.6 Å². The molecule has 0 amide bonds. The summed E-state index contributed by atoms with van der Waals surface area (Å²) in [6.07, 6.45) is 0.398. The van der Waals surface area contributed by atoms with Gasteiger partial charge in [0, 0.05) is 19.2 Å². The third-order valence-corrected chi connectivity index (χ3v) is 3.14. The first-order valence-electron chi connectivity index (χ1n) is 6.20. The fourth-order valence-corrected chi connectivity index (χ4v) is 2.11. The first kappa shape index (κ1) is 13.5. The van der Waals surface area contributed by atoms with E-state index >= 15 is 0 Å². The maximum atomic E-state index is 11.1. The first-order chi connectivity index (χ1) is 8.94. The van der Waals surface area contributed by atoms with Crippen molar-refractivity contribution in [2.24, 2.45) is 5.73 Å². The van der Waals surface area contributed by atoms with Crippen LogP contribution < -0.4 is 15.4 Å². The summed E-state index contributed by atoms with van der Waals surface area (Å²) in [4.78, 5) is 21.4. The van der Waals surface area contributed by atoms with Gasteiger partial charge in [0.25, 0.3) is 0 Å². The molecule has 1 aromatic rings. The number of hydrogen-bond acceptors (Lipinski definition) is 6. The second-order valence-electron chi connectivity index (χ2n) is 4.68. The van der Waals surface area contributed by atoms with Crippen molar-refractivity contribution in [2.75, 3.05) is 24.6 Å². The molecule has 104 valence electrons. The maximum absolute atomic E-state index is 11.1. The molecule has 2 heterocycles. The molecule has 1 aliphatic heterocycles. The van der Waals surface area contributed by atoms with Crippen molar-refractivity contribution in [3.63, 3.8) is 0 Å². The lowest BCUT2D eigenvalue weighted by Crippen LogP contribution is -2.50. The van der Waals surface area contributed by atoms with Gasteiger partial charge in [-0.15, -0.1) is 0 Å². The predicted molar refractivity (Wildman–Crippen MR) is 69.3 cm³/mol. The molecule has 0 aliphatic carbocycles. The SMILES string of the molecule is CCOc1cc(N2CCC(N)(C(=O)O)C2)nc(C)n1. The summed E-state index contributed by atoms with van der Waals surface area (Å²) in [6, 6.07) is 1.71. The summed E-state index contributed by atoms with van der Waals surface area (Å²) in [6.45, 7) is 4.97. The van der Waals surface area contributed by atoms with Crippen LogP contribution in [0.3, 0.4) is 0 Å². The zero-order valence-corrected chi connectivity index (χ0v) is 11.1. The van der Waals surface area contributed by atoms with E-state index in [2.05, 4.69) is 9.97 Å². The molecule has 1 atom stereocenters. The Morgan fingerprint density at radius 2 is 2.37 bits per heavy atom. The highest BCUT2D eigenvalue weighted by Crippen LogP contribution is 2.26. The molecule has 1 fully saturated rings.